The highest BCUT2D eigenvalue weighted by atomic mass is 16.7. The largest absolute Gasteiger partial charge is 0.493 e. The number of ether oxygens (including phenoxy) is 10. The summed E-state index contributed by atoms with van der Waals surface area (Å²) in [6, 6.07) is 6.78. The molecule has 0 unspecified atom stereocenters. The molecule has 4 fully saturated rings. The second-order valence-corrected chi connectivity index (χ2v) is 13.0. The van der Waals surface area contributed by atoms with Crippen LogP contribution in [0.1, 0.15) is 23.3 Å². The first-order valence-corrected chi connectivity index (χ1v) is 16.7. The van der Waals surface area contributed by atoms with Gasteiger partial charge in [0.05, 0.1) is 67.1 Å². The third kappa shape index (κ3) is 6.94. The number of methoxy groups -OCH3 is 4. The van der Waals surface area contributed by atoms with Crippen molar-refractivity contribution in [1.29, 1.82) is 0 Å². The van der Waals surface area contributed by atoms with Crippen LogP contribution in [0.2, 0.25) is 0 Å². The van der Waals surface area contributed by atoms with Crippen molar-refractivity contribution < 1.29 is 88.2 Å². The summed E-state index contributed by atoms with van der Waals surface area (Å²) in [5, 5.41) is 81.0. The maximum absolute atomic E-state index is 10.5. The lowest BCUT2D eigenvalue weighted by Gasteiger charge is -2.39. The summed E-state index contributed by atoms with van der Waals surface area (Å²) in [6.07, 6.45) is -15.9. The molecule has 0 amide bonds. The second kappa shape index (κ2) is 16.0. The van der Waals surface area contributed by atoms with Gasteiger partial charge in [0.1, 0.15) is 48.8 Å². The van der Waals surface area contributed by atoms with Crippen LogP contribution in [0.3, 0.4) is 0 Å². The summed E-state index contributed by atoms with van der Waals surface area (Å²) in [5.41, 5.74) is 1.37. The molecule has 0 aliphatic carbocycles. The van der Waals surface area contributed by atoms with Crippen molar-refractivity contribution in [3.8, 4) is 34.5 Å². The first kappa shape index (κ1) is 38.5. The van der Waals surface area contributed by atoms with E-state index in [4.69, 9.17) is 47.4 Å². The lowest BCUT2D eigenvalue weighted by molar-refractivity contribution is -0.277. The Morgan fingerprint density at radius 2 is 0.846 bits per heavy atom. The lowest BCUT2D eigenvalue weighted by Crippen LogP contribution is -2.60. The number of hydrogen-bond acceptors (Lipinski definition) is 18. The van der Waals surface area contributed by atoms with Crippen molar-refractivity contribution >= 4 is 0 Å². The van der Waals surface area contributed by atoms with E-state index >= 15 is 0 Å². The van der Waals surface area contributed by atoms with E-state index in [1.165, 1.54) is 28.4 Å². The molecule has 52 heavy (non-hydrogen) atoms. The summed E-state index contributed by atoms with van der Waals surface area (Å²) < 4.78 is 58.0. The van der Waals surface area contributed by atoms with Gasteiger partial charge in [-0.15, -0.1) is 0 Å². The molecule has 0 radical (unpaired) electrons. The maximum atomic E-state index is 10.5. The number of hydrogen-bond donors (Lipinski definition) is 8. The molecular formula is C34H46O18. The van der Waals surface area contributed by atoms with Crippen LogP contribution in [0.25, 0.3) is 0 Å². The molecule has 4 saturated heterocycles. The fourth-order valence-electron chi connectivity index (χ4n) is 7.16. The minimum absolute atomic E-state index is 0.0541. The molecular weight excluding hydrogens is 696 g/mol. The summed E-state index contributed by atoms with van der Waals surface area (Å²) in [5.74, 6) is 0.683. The SMILES string of the molecule is COc1cc([C@H]2OC[C@H]3[C@@H]2CO[C@@H]3c2cc(OC)c(O[C@@H]3O[C@@H](CO)[C@@H](O)[C@H](O)[C@H]3O)c(OC)c2)cc(OC)c1O[C@@H]1O[C@H](CO)[C@@H](O)[C@H](O)[C@@H]1O. The van der Waals surface area contributed by atoms with Gasteiger partial charge in [-0.1, -0.05) is 0 Å². The second-order valence-electron chi connectivity index (χ2n) is 13.0. The number of benzene rings is 2. The average molecular weight is 743 g/mol. The van der Waals surface area contributed by atoms with Gasteiger partial charge in [0.15, 0.2) is 23.0 Å². The van der Waals surface area contributed by atoms with Crippen LogP contribution in [0.4, 0.5) is 0 Å². The van der Waals surface area contributed by atoms with Crippen LogP contribution in [0, 0.1) is 11.8 Å². The van der Waals surface area contributed by atoms with Crippen molar-refractivity contribution in [3.63, 3.8) is 0 Å². The highest BCUT2D eigenvalue weighted by Gasteiger charge is 2.50. The van der Waals surface area contributed by atoms with E-state index in [0.717, 1.165) is 0 Å². The fourth-order valence-corrected chi connectivity index (χ4v) is 7.16. The zero-order valence-corrected chi connectivity index (χ0v) is 28.9. The Morgan fingerprint density at radius 1 is 0.519 bits per heavy atom. The van der Waals surface area contributed by atoms with Crippen LogP contribution >= 0.6 is 0 Å². The maximum Gasteiger partial charge on any atom is 0.229 e. The minimum atomic E-state index is -1.65. The summed E-state index contributed by atoms with van der Waals surface area (Å²) >= 11 is 0. The van der Waals surface area contributed by atoms with E-state index in [-0.39, 0.29) is 46.3 Å². The van der Waals surface area contributed by atoms with Gasteiger partial charge in [-0.05, 0) is 35.4 Å². The van der Waals surface area contributed by atoms with E-state index in [9.17, 15) is 40.9 Å². The van der Waals surface area contributed by atoms with Crippen LogP contribution < -0.4 is 28.4 Å². The van der Waals surface area contributed by atoms with Crippen LogP contribution in [-0.2, 0) is 18.9 Å². The van der Waals surface area contributed by atoms with E-state index in [1.807, 2.05) is 0 Å². The number of rotatable bonds is 12. The molecule has 0 spiro atoms. The quantitative estimate of drug-likeness (QED) is 0.119. The Morgan fingerprint density at radius 3 is 1.13 bits per heavy atom. The third-order valence-electron chi connectivity index (χ3n) is 10.1. The van der Waals surface area contributed by atoms with E-state index in [2.05, 4.69) is 0 Å². The van der Waals surface area contributed by atoms with Crippen molar-refractivity contribution in [2.45, 2.75) is 73.6 Å². The van der Waals surface area contributed by atoms with Crippen molar-refractivity contribution in [2.75, 3.05) is 54.9 Å². The standard InChI is InChI=1S/C34H46O18/c1-43-17-5-13(6-18(44-2)31(17)51-33-27(41)25(39)23(37)21(9-35)49-33)29-15-11-48-30(16(15)12-47-29)14-7-19(45-3)32(20(8-14)46-4)52-34-28(42)26(40)24(38)22(10-36)50-34/h5-8,15-16,21-30,33-42H,9-12H2,1-4H3/t15-,16-,21-,22+,23+,24+,25-,26-,27+,28-,29+,30+,33-,34-/m0/s1. The van der Waals surface area contributed by atoms with Gasteiger partial charge in [-0.25, -0.2) is 0 Å². The zero-order chi connectivity index (χ0) is 37.4. The Balaban J connectivity index is 1.22. The molecule has 2 aromatic carbocycles. The fraction of sp³-hybridized carbons (Fsp3) is 0.647. The first-order chi connectivity index (χ1) is 25.0. The molecule has 4 aliphatic rings. The Labute approximate surface area is 298 Å². The Bertz CT molecular complexity index is 1360. The number of aliphatic hydroxyl groups is 8. The Hall–Kier alpha value is -3.24. The molecule has 8 N–H and O–H groups in total. The molecule has 0 bridgehead atoms. The molecule has 0 aromatic heterocycles. The molecule has 4 heterocycles. The van der Waals surface area contributed by atoms with E-state index < -0.39 is 86.8 Å². The van der Waals surface area contributed by atoms with Crippen molar-refractivity contribution in [2.24, 2.45) is 11.8 Å². The van der Waals surface area contributed by atoms with Gasteiger partial charge in [-0.3, -0.25) is 0 Å². The molecule has 14 atom stereocenters. The van der Waals surface area contributed by atoms with Gasteiger partial charge >= 0.3 is 0 Å². The first-order valence-electron chi connectivity index (χ1n) is 16.7. The number of aliphatic hydroxyl groups excluding tert-OH is 8. The molecule has 6 rings (SSSR count). The normalized spacial score (nSPS) is 37.3. The van der Waals surface area contributed by atoms with Crippen LogP contribution in [0.5, 0.6) is 34.5 Å². The third-order valence-corrected chi connectivity index (χ3v) is 10.1. The van der Waals surface area contributed by atoms with Crippen LogP contribution in [-0.4, -0.2) is 157 Å². The molecule has 4 aliphatic heterocycles. The van der Waals surface area contributed by atoms with E-state index in [1.54, 1.807) is 24.3 Å². The van der Waals surface area contributed by atoms with E-state index in [0.29, 0.717) is 24.3 Å². The van der Waals surface area contributed by atoms with Gasteiger partial charge < -0.3 is 88.2 Å². The Kier molecular flexibility index (Phi) is 11.8. The predicted molar refractivity (Wildman–Crippen MR) is 172 cm³/mol. The molecule has 290 valence electrons. The minimum Gasteiger partial charge on any atom is -0.493 e. The zero-order valence-electron chi connectivity index (χ0n) is 28.9. The topological polar surface area (TPSA) is 254 Å². The lowest BCUT2D eigenvalue weighted by atomic mass is 9.84. The average Bonchev–Trinajstić information content (AvgIpc) is 3.78. The van der Waals surface area contributed by atoms with Gasteiger partial charge in [0.25, 0.3) is 0 Å². The van der Waals surface area contributed by atoms with Gasteiger partial charge in [0, 0.05) is 11.8 Å². The van der Waals surface area contributed by atoms with Crippen molar-refractivity contribution in [3.05, 3.63) is 35.4 Å². The monoisotopic (exact) mass is 742 g/mol. The smallest absolute Gasteiger partial charge is 0.229 e. The summed E-state index contributed by atoms with van der Waals surface area (Å²) in [7, 11) is 5.66. The molecule has 0 saturated carbocycles. The van der Waals surface area contributed by atoms with Crippen molar-refractivity contribution in [1.82, 2.24) is 0 Å². The van der Waals surface area contributed by atoms with Crippen LogP contribution in [0.15, 0.2) is 24.3 Å². The number of fused-ring (bicyclic) bond motifs is 1. The highest BCUT2D eigenvalue weighted by Crippen LogP contribution is 2.54. The molecule has 18 nitrogen and oxygen atoms in total. The predicted octanol–water partition coefficient (Wildman–Crippen LogP) is -1.85. The van der Waals surface area contributed by atoms with Gasteiger partial charge in [-0.2, -0.15) is 0 Å². The summed E-state index contributed by atoms with van der Waals surface area (Å²) in [6.45, 7) is -0.604. The van der Waals surface area contributed by atoms with Gasteiger partial charge in [0.2, 0.25) is 24.1 Å². The molecule has 18 heteroatoms. The highest BCUT2D eigenvalue weighted by molar-refractivity contribution is 5.56. The summed E-state index contributed by atoms with van der Waals surface area (Å²) in [4.78, 5) is 0. The molecule has 2 aromatic rings.